The summed E-state index contributed by atoms with van der Waals surface area (Å²) in [6.45, 7) is 3.63. The van der Waals surface area contributed by atoms with Gasteiger partial charge >= 0.3 is 5.97 Å². The van der Waals surface area contributed by atoms with Crippen molar-refractivity contribution in [3.63, 3.8) is 0 Å². The van der Waals surface area contributed by atoms with Gasteiger partial charge in [0.2, 0.25) is 0 Å². The fourth-order valence-corrected chi connectivity index (χ4v) is 3.41. The first-order chi connectivity index (χ1) is 11.4. The molecule has 0 aromatic carbocycles. The average Bonchev–Trinajstić information content (AvgIpc) is 2.89. The molecule has 0 spiro atoms. The molecule has 8 heteroatoms. The molecule has 0 fully saturated rings. The number of hydrogen-bond acceptors (Lipinski definition) is 5. The fourth-order valence-electron chi connectivity index (χ4n) is 2.01. The molecule has 0 bridgehead atoms. The third-order valence-corrected chi connectivity index (χ3v) is 4.71. The van der Waals surface area contributed by atoms with E-state index in [0.29, 0.717) is 9.90 Å². The summed E-state index contributed by atoms with van der Waals surface area (Å²) in [4.78, 5) is 29.4. The van der Waals surface area contributed by atoms with E-state index in [2.05, 4.69) is 17.2 Å². The van der Waals surface area contributed by atoms with E-state index in [1.165, 1.54) is 23.6 Å². The summed E-state index contributed by atoms with van der Waals surface area (Å²) in [5.74, 6) is -0.878. The van der Waals surface area contributed by atoms with E-state index >= 15 is 0 Å². The van der Waals surface area contributed by atoms with Gasteiger partial charge < -0.3 is 10.1 Å². The van der Waals surface area contributed by atoms with Crippen LogP contribution in [0, 0.1) is 6.92 Å². The van der Waals surface area contributed by atoms with Crippen LogP contribution in [0.4, 0.5) is 5.82 Å². The summed E-state index contributed by atoms with van der Waals surface area (Å²) >= 11 is 13.0. The zero-order valence-electron chi connectivity index (χ0n) is 13.2. The van der Waals surface area contributed by atoms with Gasteiger partial charge in [-0.3, -0.25) is 4.79 Å². The van der Waals surface area contributed by atoms with Crippen molar-refractivity contribution in [1.82, 2.24) is 4.98 Å². The predicted molar refractivity (Wildman–Crippen MR) is 96.2 cm³/mol. The number of aryl methyl sites for hydroxylation is 2. The van der Waals surface area contributed by atoms with Gasteiger partial charge in [-0.1, -0.05) is 36.5 Å². The standard InChI is InChI=1S/C16H16Cl2N2O3S/c1-3-4-10-5-13(24-9(10)2)16(22)23-8-14(21)20-15-12(18)6-11(17)7-19-15/h5-7H,3-4,8H2,1-2H3,(H,19,20,21). The highest BCUT2D eigenvalue weighted by Crippen LogP contribution is 2.24. The van der Waals surface area contributed by atoms with Crippen LogP contribution >= 0.6 is 34.5 Å². The zero-order valence-corrected chi connectivity index (χ0v) is 15.5. The Kier molecular flexibility index (Phi) is 6.60. The number of carbonyl (C=O) groups excluding carboxylic acids is 2. The van der Waals surface area contributed by atoms with E-state index in [1.54, 1.807) is 0 Å². The van der Waals surface area contributed by atoms with Crippen molar-refractivity contribution in [3.05, 3.63) is 43.7 Å². The Labute approximate surface area is 153 Å². The molecule has 1 N–H and O–H groups in total. The smallest absolute Gasteiger partial charge is 0.348 e. The Morgan fingerprint density at radius 2 is 2.08 bits per heavy atom. The minimum atomic E-state index is -0.526. The second kappa shape index (κ2) is 8.46. The molecular weight excluding hydrogens is 371 g/mol. The SMILES string of the molecule is CCCc1cc(C(=O)OCC(=O)Nc2ncc(Cl)cc2Cl)sc1C. The van der Waals surface area contributed by atoms with Gasteiger partial charge in [-0.15, -0.1) is 11.3 Å². The fraction of sp³-hybridized carbons (Fsp3) is 0.312. The Morgan fingerprint density at radius 1 is 1.33 bits per heavy atom. The van der Waals surface area contributed by atoms with Crippen LogP contribution in [0.1, 0.15) is 33.5 Å². The molecule has 1 amide bonds. The number of ether oxygens (including phenoxy) is 1. The van der Waals surface area contributed by atoms with Crippen molar-refractivity contribution in [2.24, 2.45) is 0 Å². The van der Waals surface area contributed by atoms with Crippen LogP contribution in [0.3, 0.4) is 0 Å². The molecule has 128 valence electrons. The number of aromatic nitrogens is 1. The summed E-state index contributed by atoms with van der Waals surface area (Å²) in [6.07, 6.45) is 3.28. The normalized spacial score (nSPS) is 10.5. The van der Waals surface area contributed by atoms with Crippen LogP contribution in [0.5, 0.6) is 0 Å². The molecule has 0 aliphatic rings. The first-order valence-electron chi connectivity index (χ1n) is 7.28. The maximum absolute atomic E-state index is 12.0. The molecule has 2 heterocycles. The third-order valence-electron chi connectivity index (χ3n) is 3.14. The maximum Gasteiger partial charge on any atom is 0.348 e. The van der Waals surface area contributed by atoms with Gasteiger partial charge in [0.25, 0.3) is 5.91 Å². The molecule has 5 nitrogen and oxygen atoms in total. The lowest BCUT2D eigenvalue weighted by Gasteiger charge is -2.06. The van der Waals surface area contributed by atoms with E-state index in [-0.39, 0.29) is 10.8 Å². The summed E-state index contributed by atoms with van der Waals surface area (Å²) in [5, 5.41) is 3.04. The van der Waals surface area contributed by atoms with Crippen LogP contribution in [0.2, 0.25) is 10.0 Å². The molecule has 0 saturated heterocycles. The molecule has 0 unspecified atom stereocenters. The summed E-state index contributed by atoms with van der Waals surface area (Å²) in [6, 6.07) is 3.28. The zero-order chi connectivity index (χ0) is 17.7. The van der Waals surface area contributed by atoms with Crippen molar-refractivity contribution in [2.45, 2.75) is 26.7 Å². The molecule has 0 atom stereocenters. The van der Waals surface area contributed by atoms with Crippen LogP contribution in [0.15, 0.2) is 18.3 Å². The van der Waals surface area contributed by atoms with Gasteiger partial charge in [0.15, 0.2) is 12.4 Å². The number of anilines is 1. The number of hydrogen-bond donors (Lipinski definition) is 1. The topological polar surface area (TPSA) is 68.3 Å². The van der Waals surface area contributed by atoms with Crippen molar-refractivity contribution >= 4 is 52.2 Å². The highest BCUT2D eigenvalue weighted by molar-refractivity contribution is 7.14. The van der Waals surface area contributed by atoms with Gasteiger partial charge in [0.1, 0.15) is 4.88 Å². The lowest BCUT2D eigenvalue weighted by Crippen LogP contribution is -2.21. The summed E-state index contributed by atoms with van der Waals surface area (Å²) in [5.41, 5.74) is 1.14. The molecule has 0 saturated carbocycles. The summed E-state index contributed by atoms with van der Waals surface area (Å²) in [7, 11) is 0. The minimum absolute atomic E-state index is 0.166. The van der Waals surface area contributed by atoms with E-state index < -0.39 is 18.5 Å². The van der Waals surface area contributed by atoms with Crippen molar-refractivity contribution in [3.8, 4) is 0 Å². The number of esters is 1. The Morgan fingerprint density at radius 3 is 2.75 bits per heavy atom. The van der Waals surface area contributed by atoms with E-state index in [0.717, 1.165) is 23.3 Å². The summed E-state index contributed by atoms with van der Waals surface area (Å²) < 4.78 is 5.03. The molecule has 0 aliphatic carbocycles. The van der Waals surface area contributed by atoms with Gasteiger partial charge in [-0.25, -0.2) is 9.78 Å². The van der Waals surface area contributed by atoms with E-state index in [1.807, 2.05) is 13.0 Å². The van der Waals surface area contributed by atoms with Gasteiger partial charge in [-0.05, 0) is 31.0 Å². The van der Waals surface area contributed by atoms with Crippen LogP contribution < -0.4 is 5.32 Å². The Balaban J connectivity index is 1.91. The van der Waals surface area contributed by atoms with Crippen LogP contribution in [-0.2, 0) is 16.0 Å². The molecule has 2 aromatic heterocycles. The second-order valence-electron chi connectivity index (χ2n) is 5.05. The van der Waals surface area contributed by atoms with Crippen LogP contribution in [0.25, 0.3) is 0 Å². The van der Waals surface area contributed by atoms with Crippen molar-refractivity contribution < 1.29 is 14.3 Å². The number of pyridine rings is 1. The number of carbonyl (C=O) groups is 2. The number of halogens is 2. The third kappa shape index (κ3) is 4.93. The first-order valence-corrected chi connectivity index (χ1v) is 8.85. The van der Waals surface area contributed by atoms with Crippen molar-refractivity contribution in [2.75, 3.05) is 11.9 Å². The maximum atomic E-state index is 12.0. The van der Waals surface area contributed by atoms with Gasteiger partial charge in [-0.2, -0.15) is 0 Å². The molecular formula is C16H16Cl2N2O3S. The lowest BCUT2D eigenvalue weighted by molar-refractivity contribution is -0.119. The lowest BCUT2D eigenvalue weighted by atomic mass is 10.1. The quantitative estimate of drug-likeness (QED) is 0.741. The first kappa shape index (κ1) is 18.7. The molecule has 0 radical (unpaired) electrons. The molecule has 24 heavy (non-hydrogen) atoms. The molecule has 0 aliphatic heterocycles. The number of nitrogens with one attached hydrogen (secondary N) is 1. The number of amides is 1. The van der Waals surface area contributed by atoms with E-state index in [4.69, 9.17) is 27.9 Å². The average molecular weight is 387 g/mol. The van der Waals surface area contributed by atoms with Gasteiger partial charge in [0.05, 0.1) is 10.0 Å². The number of nitrogens with zero attached hydrogens (tertiary/aromatic N) is 1. The highest BCUT2D eigenvalue weighted by Gasteiger charge is 2.16. The Hall–Kier alpha value is -1.63. The van der Waals surface area contributed by atoms with Gasteiger partial charge in [0, 0.05) is 11.1 Å². The highest BCUT2D eigenvalue weighted by atomic mass is 35.5. The number of rotatable bonds is 6. The second-order valence-corrected chi connectivity index (χ2v) is 7.15. The predicted octanol–water partition coefficient (Wildman–Crippen LogP) is 4.51. The molecule has 2 rings (SSSR count). The minimum Gasteiger partial charge on any atom is -0.451 e. The monoisotopic (exact) mass is 386 g/mol. The van der Waals surface area contributed by atoms with Crippen LogP contribution in [-0.4, -0.2) is 23.5 Å². The Bertz CT molecular complexity index is 762. The largest absolute Gasteiger partial charge is 0.451 e. The molecule has 2 aromatic rings. The number of thiophene rings is 1. The van der Waals surface area contributed by atoms with Crippen molar-refractivity contribution in [1.29, 1.82) is 0 Å². The van der Waals surface area contributed by atoms with E-state index in [9.17, 15) is 9.59 Å².